The van der Waals surface area contributed by atoms with Gasteiger partial charge in [-0.05, 0) is 36.7 Å². The number of nitrogens with zero attached hydrogens (tertiary/aromatic N) is 1. The van der Waals surface area contributed by atoms with Crippen LogP contribution >= 0.6 is 11.5 Å². The van der Waals surface area contributed by atoms with E-state index in [9.17, 15) is 5.11 Å². The van der Waals surface area contributed by atoms with Crippen LogP contribution in [0.3, 0.4) is 0 Å². The van der Waals surface area contributed by atoms with Gasteiger partial charge in [-0.3, -0.25) is 0 Å². The zero-order valence-electron chi connectivity index (χ0n) is 7.56. The van der Waals surface area contributed by atoms with Crippen LogP contribution in [0.1, 0.15) is 17.7 Å². The molecule has 0 radical (unpaired) electrons. The first kappa shape index (κ1) is 8.97. The van der Waals surface area contributed by atoms with Crippen LogP contribution in [0.4, 0.5) is 0 Å². The first-order chi connectivity index (χ1) is 6.29. The van der Waals surface area contributed by atoms with Crippen LogP contribution in [0.15, 0.2) is 6.07 Å². The molecule has 72 valence electrons. The van der Waals surface area contributed by atoms with Crippen LogP contribution in [0.2, 0.25) is 0 Å². The molecule has 1 aliphatic carbocycles. The smallest absolute Gasteiger partial charge is 0.225 e. The van der Waals surface area contributed by atoms with Crippen LogP contribution in [-0.2, 0) is 6.42 Å². The van der Waals surface area contributed by atoms with Crippen molar-refractivity contribution >= 4 is 11.5 Å². The summed E-state index contributed by atoms with van der Waals surface area (Å²) < 4.78 is 9.10. The Labute approximate surface area is 81.5 Å². The van der Waals surface area contributed by atoms with Gasteiger partial charge in [-0.15, -0.1) is 0 Å². The van der Waals surface area contributed by atoms with Gasteiger partial charge in [0.15, 0.2) is 0 Å². The van der Waals surface area contributed by atoms with Crippen molar-refractivity contribution in [1.82, 2.24) is 4.37 Å². The molecule has 1 heterocycles. The molecule has 1 aromatic rings. The van der Waals surface area contributed by atoms with Gasteiger partial charge in [0.2, 0.25) is 5.88 Å². The average Bonchev–Trinajstić information content (AvgIpc) is 2.59. The van der Waals surface area contributed by atoms with Crippen LogP contribution < -0.4 is 4.74 Å². The third-order valence-electron chi connectivity index (χ3n) is 2.59. The van der Waals surface area contributed by atoms with Crippen LogP contribution in [0, 0.1) is 5.92 Å². The third kappa shape index (κ3) is 1.84. The van der Waals surface area contributed by atoms with Crippen molar-refractivity contribution in [1.29, 1.82) is 0 Å². The molecule has 13 heavy (non-hydrogen) atoms. The van der Waals surface area contributed by atoms with E-state index >= 15 is 0 Å². The number of aliphatic hydroxyl groups is 1. The molecule has 0 amide bonds. The molecular weight excluding hydrogens is 186 g/mol. The summed E-state index contributed by atoms with van der Waals surface area (Å²) in [7, 11) is 1.62. The summed E-state index contributed by atoms with van der Waals surface area (Å²) in [6.45, 7) is 0. The predicted octanol–water partition coefficient (Wildman–Crippen LogP) is 1.47. The molecule has 2 unspecified atom stereocenters. The maximum absolute atomic E-state index is 9.39. The SMILES string of the molecule is COc1cc(CC2CCC2O)sn1. The molecular formula is C9H13NO2S. The lowest BCUT2D eigenvalue weighted by atomic mass is 9.79. The molecule has 1 aromatic heterocycles. The summed E-state index contributed by atoms with van der Waals surface area (Å²) in [6.07, 6.45) is 2.96. The second kappa shape index (κ2) is 3.64. The number of ether oxygens (including phenoxy) is 1. The largest absolute Gasteiger partial charge is 0.480 e. The Morgan fingerprint density at radius 2 is 2.54 bits per heavy atom. The number of hydrogen-bond acceptors (Lipinski definition) is 4. The monoisotopic (exact) mass is 199 g/mol. The van der Waals surface area contributed by atoms with Crippen molar-refractivity contribution in [3.05, 3.63) is 10.9 Å². The minimum absolute atomic E-state index is 0.0897. The molecule has 0 bridgehead atoms. The van der Waals surface area contributed by atoms with E-state index in [1.807, 2.05) is 6.07 Å². The fourth-order valence-electron chi connectivity index (χ4n) is 1.53. The molecule has 2 atom stereocenters. The van der Waals surface area contributed by atoms with Gasteiger partial charge < -0.3 is 9.84 Å². The summed E-state index contributed by atoms with van der Waals surface area (Å²) in [6, 6.07) is 1.95. The Morgan fingerprint density at radius 1 is 1.69 bits per heavy atom. The number of hydrogen-bond donors (Lipinski definition) is 1. The third-order valence-corrected chi connectivity index (χ3v) is 3.38. The number of methoxy groups -OCH3 is 1. The summed E-state index contributed by atoms with van der Waals surface area (Å²) in [5.74, 6) is 1.14. The van der Waals surface area contributed by atoms with Crippen molar-refractivity contribution in [3.63, 3.8) is 0 Å². The molecule has 1 fully saturated rings. The van der Waals surface area contributed by atoms with Gasteiger partial charge in [-0.1, -0.05) is 0 Å². The quantitative estimate of drug-likeness (QED) is 0.801. The van der Waals surface area contributed by atoms with Crippen molar-refractivity contribution in [2.45, 2.75) is 25.4 Å². The topological polar surface area (TPSA) is 42.4 Å². The summed E-state index contributed by atoms with van der Waals surface area (Å²) in [4.78, 5) is 1.21. The second-order valence-electron chi connectivity index (χ2n) is 3.44. The summed E-state index contributed by atoms with van der Waals surface area (Å²) >= 11 is 1.47. The summed E-state index contributed by atoms with van der Waals surface area (Å²) in [5, 5.41) is 9.39. The van der Waals surface area contributed by atoms with Gasteiger partial charge in [0.25, 0.3) is 0 Å². The second-order valence-corrected chi connectivity index (χ2v) is 4.33. The zero-order chi connectivity index (χ0) is 9.26. The van der Waals surface area contributed by atoms with E-state index in [0.717, 1.165) is 19.3 Å². The van der Waals surface area contributed by atoms with Gasteiger partial charge >= 0.3 is 0 Å². The molecule has 1 aliphatic rings. The van der Waals surface area contributed by atoms with Gasteiger partial charge in [0.05, 0.1) is 13.2 Å². The highest BCUT2D eigenvalue weighted by atomic mass is 32.1. The van der Waals surface area contributed by atoms with Crippen molar-refractivity contribution in [2.75, 3.05) is 7.11 Å². The highest BCUT2D eigenvalue weighted by Crippen LogP contribution is 2.32. The van der Waals surface area contributed by atoms with Gasteiger partial charge in [0, 0.05) is 10.9 Å². The maximum Gasteiger partial charge on any atom is 0.225 e. The molecule has 2 rings (SSSR count). The Bertz CT molecular complexity index is 287. The zero-order valence-corrected chi connectivity index (χ0v) is 8.38. The van der Waals surface area contributed by atoms with E-state index in [1.54, 1.807) is 7.11 Å². The Kier molecular flexibility index (Phi) is 2.51. The molecule has 0 aliphatic heterocycles. The van der Waals surface area contributed by atoms with E-state index in [4.69, 9.17) is 4.74 Å². The van der Waals surface area contributed by atoms with Crippen molar-refractivity contribution in [2.24, 2.45) is 5.92 Å². The van der Waals surface area contributed by atoms with E-state index < -0.39 is 0 Å². The Hall–Kier alpha value is -0.610. The summed E-state index contributed by atoms with van der Waals surface area (Å²) in [5.41, 5.74) is 0. The van der Waals surface area contributed by atoms with E-state index in [0.29, 0.717) is 11.8 Å². The lowest BCUT2D eigenvalue weighted by Gasteiger charge is -2.31. The normalized spacial score (nSPS) is 26.9. The Morgan fingerprint density at radius 3 is 3.00 bits per heavy atom. The lowest BCUT2D eigenvalue weighted by molar-refractivity contribution is 0.0248. The number of rotatable bonds is 3. The maximum atomic E-state index is 9.39. The molecule has 1 N–H and O–H groups in total. The van der Waals surface area contributed by atoms with E-state index in [-0.39, 0.29) is 6.10 Å². The lowest BCUT2D eigenvalue weighted by Crippen LogP contribution is -2.32. The molecule has 1 saturated carbocycles. The molecule has 0 saturated heterocycles. The standard InChI is InChI=1S/C9H13NO2S/c1-12-9-5-7(13-10-9)4-6-2-3-8(6)11/h5-6,8,11H,2-4H2,1H3. The van der Waals surface area contributed by atoms with Gasteiger partial charge in [0.1, 0.15) is 0 Å². The van der Waals surface area contributed by atoms with Crippen LogP contribution in [0.25, 0.3) is 0 Å². The highest BCUT2D eigenvalue weighted by Gasteiger charge is 2.29. The van der Waals surface area contributed by atoms with Crippen molar-refractivity contribution < 1.29 is 9.84 Å². The molecule has 0 aromatic carbocycles. The first-order valence-electron chi connectivity index (χ1n) is 4.47. The van der Waals surface area contributed by atoms with Gasteiger partial charge in [-0.2, -0.15) is 4.37 Å². The van der Waals surface area contributed by atoms with Crippen LogP contribution in [0.5, 0.6) is 5.88 Å². The minimum Gasteiger partial charge on any atom is -0.480 e. The minimum atomic E-state index is -0.0897. The Balaban J connectivity index is 1.93. The number of aromatic nitrogens is 1. The van der Waals surface area contributed by atoms with Crippen LogP contribution in [-0.4, -0.2) is 22.7 Å². The van der Waals surface area contributed by atoms with E-state index in [2.05, 4.69) is 4.37 Å². The van der Waals surface area contributed by atoms with Crippen molar-refractivity contribution in [3.8, 4) is 5.88 Å². The molecule has 3 nitrogen and oxygen atoms in total. The fourth-order valence-corrected chi connectivity index (χ4v) is 2.31. The molecule has 0 spiro atoms. The first-order valence-corrected chi connectivity index (χ1v) is 5.24. The molecule has 4 heteroatoms. The number of aliphatic hydroxyl groups excluding tert-OH is 1. The average molecular weight is 199 g/mol. The van der Waals surface area contributed by atoms with E-state index in [1.165, 1.54) is 16.4 Å². The van der Waals surface area contributed by atoms with Gasteiger partial charge in [-0.25, -0.2) is 0 Å². The predicted molar refractivity (Wildman–Crippen MR) is 51.1 cm³/mol. The highest BCUT2D eigenvalue weighted by molar-refractivity contribution is 7.05. The fraction of sp³-hybridized carbons (Fsp3) is 0.667.